The first-order valence-electron chi connectivity index (χ1n) is 7.09. The van der Waals surface area contributed by atoms with Gasteiger partial charge in [-0.1, -0.05) is 13.3 Å². The van der Waals surface area contributed by atoms with Crippen LogP contribution < -0.4 is 10.6 Å². The Hall–Kier alpha value is -0.650. The van der Waals surface area contributed by atoms with Gasteiger partial charge in [0.05, 0.1) is 13.2 Å². The van der Waals surface area contributed by atoms with Crippen LogP contribution in [0.3, 0.4) is 0 Å². The van der Waals surface area contributed by atoms with E-state index in [4.69, 9.17) is 4.74 Å². The molecule has 3 unspecified atom stereocenters. The summed E-state index contributed by atoms with van der Waals surface area (Å²) >= 11 is 0. The van der Waals surface area contributed by atoms with Crippen molar-refractivity contribution in [1.82, 2.24) is 15.5 Å². The van der Waals surface area contributed by atoms with Gasteiger partial charge in [-0.3, -0.25) is 9.69 Å². The van der Waals surface area contributed by atoms with Crippen molar-refractivity contribution in [3.05, 3.63) is 0 Å². The molecule has 0 bridgehead atoms. The van der Waals surface area contributed by atoms with Crippen LogP contribution in [0.2, 0.25) is 0 Å². The van der Waals surface area contributed by atoms with Crippen molar-refractivity contribution in [3.63, 3.8) is 0 Å². The van der Waals surface area contributed by atoms with E-state index in [-0.39, 0.29) is 11.9 Å². The minimum atomic E-state index is -0.113. The molecule has 2 rings (SSSR count). The van der Waals surface area contributed by atoms with Crippen LogP contribution in [0, 0.1) is 5.92 Å². The topological polar surface area (TPSA) is 53.6 Å². The van der Waals surface area contributed by atoms with Gasteiger partial charge in [0.2, 0.25) is 5.91 Å². The van der Waals surface area contributed by atoms with E-state index in [0.29, 0.717) is 25.1 Å². The first kappa shape index (κ1) is 13.8. The average molecular weight is 255 g/mol. The van der Waals surface area contributed by atoms with Crippen molar-refractivity contribution in [2.24, 2.45) is 5.92 Å². The second kappa shape index (κ2) is 6.50. The number of carbonyl (C=O) groups excluding carboxylic acids is 1. The fourth-order valence-corrected chi connectivity index (χ4v) is 3.06. The van der Waals surface area contributed by atoms with Crippen LogP contribution in [-0.2, 0) is 9.53 Å². The molecular formula is C13H25N3O2. The van der Waals surface area contributed by atoms with Crippen molar-refractivity contribution in [3.8, 4) is 0 Å². The van der Waals surface area contributed by atoms with Crippen molar-refractivity contribution >= 4 is 5.91 Å². The predicted octanol–water partition coefficient (Wildman–Crippen LogP) is -0.179. The predicted molar refractivity (Wildman–Crippen MR) is 70.4 cm³/mol. The highest BCUT2D eigenvalue weighted by Gasteiger charge is 2.38. The molecule has 2 saturated heterocycles. The van der Waals surface area contributed by atoms with Crippen LogP contribution in [0.15, 0.2) is 0 Å². The number of hydrogen-bond acceptors (Lipinski definition) is 4. The van der Waals surface area contributed by atoms with Crippen molar-refractivity contribution in [1.29, 1.82) is 0 Å². The lowest BCUT2D eigenvalue weighted by molar-refractivity contribution is -0.134. The molecule has 0 spiro atoms. The van der Waals surface area contributed by atoms with Crippen molar-refractivity contribution in [2.45, 2.75) is 32.4 Å². The first-order valence-corrected chi connectivity index (χ1v) is 7.09. The molecule has 2 aliphatic heterocycles. The van der Waals surface area contributed by atoms with E-state index >= 15 is 0 Å². The number of nitrogens with zero attached hydrogens (tertiary/aromatic N) is 1. The zero-order chi connectivity index (χ0) is 13.0. The van der Waals surface area contributed by atoms with Gasteiger partial charge in [-0.15, -0.1) is 0 Å². The van der Waals surface area contributed by atoms with E-state index < -0.39 is 0 Å². The molecule has 0 aromatic rings. The second-order valence-electron chi connectivity index (χ2n) is 5.12. The van der Waals surface area contributed by atoms with Gasteiger partial charge in [0.15, 0.2) is 0 Å². The molecule has 0 aromatic carbocycles. The third-order valence-corrected chi connectivity index (χ3v) is 4.08. The summed E-state index contributed by atoms with van der Waals surface area (Å²) in [7, 11) is 0. The van der Waals surface area contributed by atoms with Gasteiger partial charge in [0.1, 0.15) is 6.04 Å². The van der Waals surface area contributed by atoms with Gasteiger partial charge in [0, 0.05) is 25.7 Å². The number of amides is 1. The van der Waals surface area contributed by atoms with Crippen molar-refractivity contribution in [2.75, 3.05) is 39.4 Å². The fourth-order valence-electron chi connectivity index (χ4n) is 3.06. The first-order chi connectivity index (χ1) is 8.77. The Bertz CT molecular complexity index is 285. The molecular weight excluding hydrogens is 230 g/mol. The third-order valence-electron chi connectivity index (χ3n) is 4.08. The summed E-state index contributed by atoms with van der Waals surface area (Å²) in [6, 6.07) is 0.365. The molecule has 0 radical (unpaired) electrons. The third kappa shape index (κ3) is 2.84. The van der Waals surface area contributed by atoms with E-state index in [1.54, 1.807) is 0 Å². The quantitative estimate of drug-likeness (QED) is 0.732. The molecule has 18 heavy (non-hydrogen) atoms. The van der Waals surface area contributed by atoms with Crippen molar-refractivity contribution < 1.29 is 9.53 Å². The summed E-state index contributed by atoms with van der Waals surface area (Å²) in [6.07, 6.45) is 1.16. The van der Waals surface area contributed by atoms with E-state index in [2.05, 4.69) is 22.5 Å². The van der Waals surface area contributed by atoms with Gasteiger partial charge in [-0.25, -0.2) is 0 Å². The Morgan fingerprint density at radius 3 is 3.00 bits per heavy atom. The summed E-state index contributed by atoms with van der Waals surface area (Å²) in [5.41, 5.74) is 0. The van der Waals surface area contributed by atoms with E-state index in [1.807, 2.05) is 6.92 Å². The zero-order valence-electron chi connectivity index (χ0n) is 11.4. The van der Waals surface area contributed by atoms with Gasteiger partial charge in [-0.05, 0) is 19.4 Å². The maximum absolute atomic E-state index is 12.1. The van der Waals surface area contributed by atoms with Gasteiger partial charge >= 0.3 is 0 Å². The molecule has 5 nitrogen and oxygen atoms in total. The number of carbonyl (C=O) groups is 1. The highest BCUT2D eigenvalue weighted by atomic mass is 16.5. The molecule has 5 heteroatoms. The Kier molecular flexibility index (Phi) is 4.97. The number of likely N-dealkylation sites (N-methyl/N-ethyl adjacent to an activating group) is 1. The summed E-state index contributed by atoms with van der Waals surface area (Å²) in [4.78, 5) is 14.5. The molecule has 2 heterocycles. The smallest absolute Gasteiger partial charge is 0.239 e. The number of hydrogen-bond donors (Lipinski definition) is 2. The van der Waals surface area contributed by atoms with Gasteiger partial charge in [0.25, 0.3) is 0 Å². The van der Waals surface area contributed by atoms with Crippen LogP contribution in [0.25, 0.3) is 0 Å². The highest BCUT2D eigenvalue weighted by molar-refractivity contribution is 5.82. The van der Waals surface area contributed by atoms with E-state index in [0.717, 1.165) is 32.7 Å². The van der Waals surface area contributed by atoms with Gasteiger partial charge in [-0.2, -0.15) is 0 Å². The summed E-state index contributed by atoms with van der Waals surface area (Å²) in [5.74, 6) is 0.763. The lowest BCUT2D eigenvalue weighted by Crippen LogP contribution is -2.59. The molecule has 0 aromatic heterocycles. The number of nitrogens with one attached hydrogen (secondary N) is 2. The molecule has 104 valence electrons. The number of morpholine rings is 1. The SMILES string of the molecule is CCNC(=O)C1COCCN1C1CNCC1CC. The molecule has 3 atom stereocenters. The summed E-state index contributed by atoms with van der Waals surface area (Å²) < 4.78 is 5.49. The highest BCUT2D eigenvalue weighted by Crippen LogP contribution is 2.23. The second-order valence-corrected chi connectivity index (χ2v) is 5.12. The Labute approximate surface area is 109 Å². The summed E-state index contributed by atoms with van der Waals surface area (Å²) in [5, 5.41) is 6.37. The molecule has 1 amide bonds. The van der Waals surface area contributed by atoms with E-state index in [9.17, 15) is 4.79 Å². The van der Waals surface area contributed by atoms with Crippen LogP contribution in [-0.4, -0.2) is 62.3 Å². The average Bonchev–Trinajstić information content (AvgIpc) is 2.87. The van der Waals surface area contributed by atoms with Crippen LogP contribution >= 0.6 is 0 Å². The Morgan fingerprint density at radius 1 is 1.44 bits per heavy atom. The lowest BCUT2D eigenvalue weighted by Gasteiger charge is -2.40. The molecule has 0 aliphatic carbocycles. The molecule has 2 fully saturated rings. The van der Waals surface area contributed by atoms with Gasteiger partial charge < -0.3 is 15.4 Å². The minimum Gasteiger partial charge on any atom is -0.378 e. The zero-order valence-corrected chi connectivity index (χ0v) is 11.4. The van der Waals surface area contributed by atoms with Crippen LogP contribution in [0.1, 0.15) is 20.3 Å². The lowest BCUT2D eigenvalue weighted by atomic mass is 9.97. The Morgan fingerprint density at radius 2 is 2.28 bits per heavy atom. The maximum atomic E-state index is 12.1. The minimum absolute atomic E-state index is 0.110. The molecule has 2 N–H and O–H groups in total. The number of ether oxygens (including phenoxy) is 1. The maximum Gasteiger partial charge on any atom is 0.239 e. The normalized spacial score (nSPS) is 33.6. The van der Waals surface area contributed by atoms with Crippen LogP contribution in [0.4, 0.5) is 0 Å². The standard InChI is InChI=1S/C13H25N3O2/c1-3-10-7-14-8-11(10)16-5-6-18-9-12(16)13(17)15-4-2/h10-12,14H,3-9H2,1-2H3,(H,15,17). The Balaban J connectivity index is 2.05. The summed E-state index contributed by atoms with van der Waals surface area (Å²) in [6.45, 7) is 9.06. The van der Waals surface area contributed by atoms with E-state index in [1.165, 1.54) is 0 Å². The fraction of sp³-hybridized carbons (Fsp3) is 0.923. The molecule has 0 saturated carbocycles. The number of rotatable bonds is 4. The van der Waals surface area contributed by atoms with Crippen LogP contribution in [0.5, 0.6) is 0 Å². The largest absolute Gasteiger partial charge is 0.378 e. The molecule has 2 aliphatic rings. The monoisotopic (exact) mass is 255 g/mol.